The Labute approximate surface area is 131 Å². The molecule has 1 aromatic rings. The second kappa shape index (κ2) is 8.35. The summed E-state index contributed by atoms with van der Waals surface area (Å²) in [5, 5.41) is 3.51. The first-order chi connectivity index (χ1) is 9.63. The second-order valence-electron chi connectivity index (χ2n) is 5.93. The molecule has 0 bridgehead atoms. The van der Waals surface area contributed by atoms with Gasteiger partial charge < -0.3 is 15.1 Å². The van der Waals surface area contributed by atoms with Crippen LogP contribution in [0.2, 0.25) is 4.34 Å². The molecule has 0 radical (unpaired) electrons. The molecule has 0 spiro atoms. The Bertz CT molecular complexity index is 386. The van der Waals surface area contributed by atoms with Gasteiger partial charge in [0.05, 0.1) is 4.34 Å². The van der Waals surface area contributed by atoms with Crippen LogP contribution in [0.25, 0.3) is 0 Å². The minimum atomic E-state index is 0.879. The van der Waals surface area contributed by atoms with Gasteiger partial charge in [-0.1, -0.05) is 11.6 Å². The molecule has 20 heavy (non-hydrogen) atoms. The van der Waals surface area contributed by atoms with Gasteiger partial charge in [-0.05, 0) is 58.1 Å². The van der Waals surface area contributed by atoms with Crippen LogP contribution in [0, 0.1) is 5.92 Å². The Hall–Kier alpha value is -0.130. The van der Waals surface area contributed by atoms with E-state index in [1.54, 1.807) is 11.3 Å². The van der Waals surface area contributed by atoms with E-state index >= 15 is 0 Å². The molecular formula is C15H26ClN3S. The summed E-state index contributed by atoms with van der Waals surface area (Å²) in [7, 11) is 4.35. The number of hydrogen-bond acceptors (Lipinski definition) is 4. The van der Waals surface area contributed by atoms with Crippen LogP contribution in [-0.4, -0.2) is 56.6 Å². The first kappa shape index (κ1) is 16.2. The van der Waals surface area contributed by atoms with Gasteiger partial charge in [0.25, 0.3) is 0 Å². The molecule has 1 aliphatic rings. The summed E-state index contributed by atoms with van der Waals surface area (Å²) in [4.78, 5) is 6.22. The second-order valence-corrected chi connectivity index (χ2v) is 7.73. The lowest BCUT2D eigenvalue weighted by Gasteiger charge is -2.33. The van der Waals surface area contributed by atoms with Crippen LogP contribution in [0.1, 0.15) is 17.7 Å². The maximum Gasteiger partial charge on any atom is 0.0931 e. The Morgan fingerprint density at radius 2 is 2.10 bits per heavy atom. The minimum absolute atomic E-state index is 0.879. The van der Waals surface area contributed by atoms with Crippen LogP contribution >= 0.6 is 22.9 Å². The topological polar surface area (TPSA) is 18.5 Å². The van der Waals surface area contributed by atoms with Crippen molar-refractivity contribution < 1.29 is 0 Å². The Morgan fingerprint density at radius 3 is 2.70 bits per heavy atom. The van der Waals surface area contributed by atoms with E-state index in [9.17, 15) is 0 Å². The molecule has 1 saturated heterocycles. The van der Waals surface area contributed by atoms with E-state index < -0.39 is 0 Å². The molecular weight excluding hydrogens is 290 g/mol. The van der Waals surface area contributed by atoms with Crippen molar-refractivity contribution >= 4 is 22.9 Å². The SMILES string of the molecule is CN(C)CC1CCN(CCNCc2ccc(Cl)s2)CC1. The average molecular weight is 316 g/mol. The van der Waals surface area contributed by atoms with Crippen molar-refractivity contribution in [1.82, 2.24) is 15.1 Å². The van der Waals surface area contributed by atoms with Crippen LogP contribution < -0.4 is 5.32 Å². The lowest BCUT2D eigenvalue weighted by atomic mass is 9.96. The van der Waals surface area contributed by atoms with E-state index in [0.29, 0.717) is 0 Å². The van der Waals surface area contributed by atoms with Crippen molar-refractivity contribution in [1.29, 1.82) is 0 Å². The van der Waals surface area contributed by atoms with Crippen molar-refractivity contribution in [3.8, 4) is 0 Å². The highest BCUT2D eigenvalue weighted by atomic mass is 35.5. The van der Waals surface area contributed by atoms with Crippen molar-refractivity contribution in [2.75, 3.05) is 46.8 Å². The molecule has 3 nitrogen and oxygen atoms in total. The first-order valence-electron chi connectivity index (χ1n) is 7.45. The Morgan fingerprint density at radius 1 is 1.35 bits per heavy atom. The standard InChI is InChI=1S/C15H26ClN3S/c1-18(2)12-13-5-8-19(9-6-13)10-7-17-11-14-3-4-15(16)20-14/h3-4,13,17H,5-12H2,1-2H3. The summed E-state index contributed by atoms with van der Waals surface area (Å²) >= 11 is 7.59. The summed E-state index contributed by atoms with van der Waals surface area (Å²) in [5.41, 5.74) is 0. The van der Waals surface area contributed by atoms with Gasteiger partial charge in [0, 0.05) is 31.1 Å². The van der Waals surface area contributed by atoms with Crippen LogP contribution in [0.5, 0.6) is 0 Å². The maximum absolute atomic E-state index is 5.92. The Kier molecular flexibility index (Phi) is 6.78. The predicted octanol–water partition coefficient (Wildman–Crippen LogP) is 2.76. The molecule has 0 aromatic carbocycles. The number of rotatable bonds is 7. The predicted molar refractivity (Wildman–Crippen MR) is 88.8 cm³/mol. The van der Waals surface area contributed by atoms with E-state index in [-0.39, 0.29) is 0 Å². The largest absolute Gasteiger partial charge is 0.311 e. The molecule has 0 saturated carbocycles. The third kappa shape index (κ3) is 5.70. The zero-order valence-electron chi connectivity index (χ0n) is 12.6. The fourth-order valence-electron chi connectivity index (χ4n) is 2.80. The summed E-state index contributed by atoms with van der Waals surface area (Å²) in [6.07, 6.45) is 2.69. The van der Waals surface area contributed by atoms with Crippen molar-refractivity contribution in [3.63, 3.8) is 0 Å². The third-order valence-electron chi connectivity index (χ3n) is 3.86. The van der Waals surface area contributed by atoms with Gasteiger partial charge in [0.1, 0.15) is 0 Å². The van der Waals surface area contributed by atoms with Gasteiger partial charge in [-0.25, -0.2) is 0 Å². The number of nitrogens with zero attached hydrogens (tertiary/aromatic N) is 2. The third-order valence-corrected chi connectivity index (χ3v) is 5.09. The van der Waals surface area contributed by atoms with E-state index in [4.69, 9.17) is 11.6 Å². The highest BCUT2D eigenvalue weighted by Gasteiger charge is 2.18. The molecule has 5 heteroatoms. The van der Waals surface area contributed by atoms with E-state index in [1.807, 2.05) is 6.07 Å². The molecule has 2 heterocycles. The Balaban J connectivity index is 1.55. The molecule has 1 aliphatic heterocycles. The van der Waals surface area contributed by atoms with E-state index in [0.717, 1.165) is 29.9 Å². The van der Waals surface area contributed by atoms with Crippen LogP contribution in [0.4, 0.5) is 0 Å². The molecule has 0 aliphatic carbocycles. The van der Waals surface area contributed by atoms with Crippen molar-refractivity contribution in [3.05, 3.63) is 21.3 Å². The number of likely N-dealkylation sites (tertiary alicyclic amines) is 1. The van der Waals surface area contributed by atoms with Crippen molar-refractivity contribution in [2.45, 2.75) is 19.4 Å². The van der Waals surface area contributed by atoms with E-state index in [2.05, 4.69) is 35.3 Å². The monoisotopic (exact) mass is 315 g/mol. The number of piperidine rings is 1. The molecule has 1 fully saturated rings. The van der Waals surface area contributed by atoms with Gasteiger partial charge in [0.2, 0.25) is 0 Å². The normalized spacial score (nSPS) is 18.0. The lowest BCUT2D eigenvalue weighted by molar-refractivity contribution is 0.163. The average Bonchev–Trinajstić information content (AvgIpc) is 2.82. The van der Waals surface area contributed by atoms with Crippen LogP contribution in [0.15, 0.2) is 12.1 Å². The fourth-order valence-corrected chi connectivity index (χ4v) is 3.86. The van der Waals surface area contributed by atoms with Crippen LogP contribution in [-0.2, 0) is 6.54 Å². The van der Waals surface area contributed by atoms with Crippen molar-refractivity contribution in [2.24, 2.45) is 5.92 Å². The molecule has 0 amide bonds. The zero-order chi connectivity index (χ0) is 14.4. The smallest absolute Gasteiger partial charge is 0.0931 e. The highest BCUT2D eigenvalue weighted by molar-refractivity contribution is 7.16. The molecule has 2 rings (SSSR count). The maximum atomic E-state index is 5.92. The summed E-state index contributed by atoms with van der Waals surface area (Å²) < 4.78 is 0.879. The number of halogens is 1. The number of thiophene rings is 1. The zero-order valence-corrected chi connectivity index (χ0v) is 14.1. The first-order valence-corrected chi connectivity index (χ1v) is 8.65. The molecule has 1 N–H and O–H groups in total. The highest BCUT2D eigenvalue weighted by Crippen LogP contribution is 2.21. The lowest BCUT2D eigenvalue weighted by Crippen LogP contribution is -2.40. The van der Waals surface area contributed by atoms with Gasteiger partial charge in [-0.2, -0.15) is 0 Å². The van der Waals surface area contributed by atoms with Gasteiger partial charge in [-0.3, -0.25) is 0 Å². The molecule has 0 atom stereocenters. The number of nitrogens with one attached hydrogen (secondary N) is 1. The minimum Gasteiger partial charge on any atom is -0.311 e. The summed E-state index contributed by atoms with van der Waals surface area (Å²) in [6, 6.07) is 4.07. The van der Waals surface area contributed by atoms with Gasteiger partial charge in [-0.15, -0.1) is 11.3 Å². The van der Waals surface area contributed by atoms with Gasteiger partial charge >= 0.3 is 0 Å². The van der Waals surface area contributed by atoms with E-state index in [1.165, 1.54) is 37.4 Å². The molecule has 0 unspecified atom stereocenters. The quantitative estimate of drug-likeness (QED) is 0.781. The molecule has 1 aromatic heterocycles. The van der Waals surface area contributed by atoms with Crippen LogP contribution in [0.3, 0.4) is 0 Å². The number of hydrogen-bond donors (Lipinski definition) is 1. The van der Waals surface area contributed by atoms with Gasteiger partial charge in [0.15, 0.2) is 0 Å². The summed E-state index contributed by atoms with van der Waals surface area (Å²) in [5.74, 6) is 0.891. The fraction of sp³-hybridized carbons (Fsp3) is 0.733. The molecule has 114 valence electrons. The summed E-state index contributed by atoms with van der Waals surface area (Å²) in [6.45, 7) is 6.91.